The zero-order valence-electron chi connectivity index (χ0n) is 17.0. The van der Waals surface area contributed by atoms with E-state index < -0.39 is 8.07 Å². The lowest BCUT2D eigenvalue weighted by Gasteiger charge is -2.04. The predicted octanol–water partition coefficient (Wildman–Crippen LogP) is 6.21. The molecule has 0 radical (unpaired) electrons. The summed E-state index contributed by atoms with van der Waals surface area (Å²) in [6, 6.07) is 9.57. The Labute approximate surface area is 162 Å². The van der Waals surface area contributed by atoms with E-state index in [2.05, 4.69) is 31.1 Å². The largest absolute Gasteiger partial charge is 0.295 e. The van der Waals surface area contributed by atoms with E-state index in [-0.39, 0.29) is 17.4 Å². The van der Waals surface area contributed by atoms with E-state index in [1.807, 2.05) is 19.9 Å². The van der Waals surface area contributed by atoms with Crippen LogP contribution < -0.4 is 0 Å². The van der Waals surface area contributed by atoms with Gasteiger partial charge in [-0.15, -0.1) is 5.54 Å². The third-order valence-corrected chi connectivity index (χ3v) is 4.72. The fraction of sp³-hybridized carbons (Fsp3) is 0.348. The predicted molar refractivity (Wildman–Crippen MR) is 112 cm³/mol. The molecule has 0 unspecified atom stereocenters. The molecule has 4 heteroatoms. The van der Waals surface area contributed by atoms with Gasteiger partial charge in [0.2, 0.25) is 0 Å². The molecule has 0 saturated carbocycles. The van der Waals surface area contributed by atoms with E-state index in [4.69, 9.17) is 0 Å². The number of benzene rings is 2. The molecule has 0 atom stereocenters. The molecule has 2 aromatic carbocycles. The lowest BCUT2D eigenvalue weighted by Crippen LogP contribution is -2.16. The normalized spacial score (nSPS) is 10.4. The molecule has 0 aromatic heterocycles. The van der Waals surface area contributed by atoms with E-state index in [0.717, 1.165) is 11.1 Å². The Morgan fingerprint density at radius 2 is 1.44 bits per heavy atom. The number of carbonyl (C=O) groups excluding carboxylic acids is 1. The fourth-order valence-electron chi connectivity index (χ4n) is 2.25. The van der Waals surface area contributed by atoms with Gasteiger partial charge >= 0.3 is 0 Å². The van der Waals surface area contributed by atoms with Crippen molar-refractivity contribution in [3.05, 3.63) is 70.3 Å². The van der Waals surface area contributed by atoms with E-state index in [1.165, 1.54) is 25.1 Å². The molecule has 0 spiro atoms. The van der Waals surface area contributed by atoms with Crippen LogP contribution in [0.3, 0.4) is 0 Å². The summed E-state index contributed by atoms with van der Waals surface area (Å²) in [4.78, 5) is 10.9. The van der Waals surface area contributed by atoms with Crippen molar-refractivity contribution in [3.63, 3.8) is 0 Å². The maximum absolute atomic E-state index is 13.2. The number of ketones is 1. The second kappa shape index (κ2) is 10.2. The molecule has 0 aliphatic carbocycles. The lowest BCUT2D eigenvalue weighted by molar-refractivity contribution is 0.101. The van der Waals surface area contributed by atoms with Gasteiger partial charge in [0.25, 0.3) is 0 Å². The monoisotopic (exact) mass is 386 g/mol. The smallest absolute Gasteiger partial charge is 0.159 e. The Morgan fingerprint density at radius 1 is 0.926 bits per heavy atom. The molecule has 2 rings (SSSR count). The number of halogens is 2. The maximum atomic E-state index is 13.2. The third kappa shape index (κ3) is 7.88. The van der Waals surface area contributed by atoms with Crippen LogP contribution in [-0.2, 0) is 12.8 Å². The van der Waals surface area contributed by atoms with Gasteiger partial charge in [0.15, 0.2) is 5.78 Å². The van der Waals surface area contributed by atoms with Crippen molar-refractivity contribution >= 4 is 13.9 Å². The van der Waals surface area contributed by atoms with E-state index >= 15 is 0 Å². The number of rotatable bonds is 3. The van der Waals surface area contributed by atoms with Crippen molar-refractivity contribution in [1.29, 1.82) is 0 Å². The molecule has 27 heavy (non-hydrogen) atoms. The van der Waals surface area contributed by atoms with Crippen molar-refractivity contribution in [2.24, 2.45) is 0 Å². The number of Topliss-reactive ketones (excluding diaryl/α,β-unsaturated/α-hetero) is 1. The van der Waals surface area contributed by atoms with Crippen molar-refractivity contribution in [2.75, 3.05) is 0 Å². The van der Waals surface area contributed by atoms with Crippen LogP contribution in [0.2, 0.25) is 19.6 Å². The molecule has 1 nitrogen and oxygen atoms in total. The van der Waals surface area contributed by atoms with Crippen LogP contribution in [0.5, 0.6) is 0 Å². The first-order valence-electron chi connectivity index (χ1n) is 9.18. The first kappa shape index (κ1) is 22.8. The summed E-state index contributed by atoms with van der Waals surface area (Å²) in [6.45, 7) is 11.9. The van der Waals surface area contributed by atoms with Gasteiger partial charge in [0.1, 0.15) is 19.7 Å². The molecule has 0 aliphatic heterocycles. The van der Waals surface area contributed by atoms with E-state index in [9.17, 15) is 13.6 Å². The molecule has 0 aliphatic rings. The van der Waals surface area contributed by atoms with Crippen LogP contribution in [0.4, 0.5) is 8.78 Å². The number of carbonyl (C=O) groups is 1. The van der Waals surface area contributed by atoms with Crippen molar-refractivity contribution in [3.8, 4) is 11.5 Å². The highest BCUT2D eigenvalue weighted by Crippen LogP contribution is 2.12. The van der Waals surface area contributed by atoms with Crippen LogP contribution >= 0.6 is 0 Å². The van der Waals surface area contributed by atoms with Gasteiger partial charge in [-0.25, -0.2) is 8.78 Å². The quantitative estimate of drug-likeness (QED) is 0.348. The SMILES string of the molecule is CCc1cc(C#C[Si](C)(C)C)ccc1F.CCc1cc(C(C)=O)ccc1F. The molecule has 0 fully saturated rings. The van der Waals surface area contributed by atoms with Crippen LogP contribution in [0.25, 0.3) is 0 Å². The average molecular weight is 387 g/mol. The number of hydrogen-bond acceptors (Lipinski definition) is 1. The van der Waals surface area contributed by atoms with Crippen LogP contribution in [-0.4, -0.2) is 13.9 Å². The van der Waals surface area contributed by atoms with Crippen LogP contribution in [0.15, 0.2) is 36.4 Å². The van der Waals surface area contributed by atoms with E-state index in [0.29, 0.717) is 24.0 Å². The fourth-order valence-corrected chi connectivity index (χ4v) is 2.77. The number of aryl methyl sites for hydroxylation is 2. The Bertz CT molecular complexity index is 855. The standard InChI is InChI=1S/C13H17FSi.C10H11FO/c1-5-12-10-11(6-7-13(12)14)8-9-15(2,3)4;1-3-8-6-9(7(2)12)4-5-10(8)11/h6-7,10H,5H2,1-4H3;4-6H,3H2,1-2H3. The summed E-state index contributed by atoms with van der Waals surface area (Å²) in [7, 11) is -1.34. The molecule has 0 saturated heterocycles. The highest BCUT2D eigenvalue weighted by molar-refractivity contribution is 6.83. The van der Waals surface area contributed by atoms with Crippen molar-refractivity contribution in [1.82, 2.24) is 0 Å². The van der Waals surface area contributed by atoms with Gasteiger partial charge in [-0.05, 0) is 67.3 Å². The minimum Gasteiger partial charge on any atom is -0.295 e. The topological polar surface area (TPSA) is 17.1 Å². The Hall–Kier alpha value is -2.25. The summed E-state index contributed by atoms with van der Waals surface area (Å²) in [5.41, 5.74) is 6.13. The van der Waals surface area contributed by atoms with E-state index in [1.54, 1.807) is 12.1 Å². The molecule has 0 N–H and O–H groups in total. The molecule has 0 bridgehead atoms. The Kier molecular flexibility index (Phi) is 8.59. The van der Waals surface area contributed by atoms with Gasteiger partial charge in [-0.2, -0.15) is 0 Å². The maximum Gasteiger partial charge on any atom is 0.159 e. The molecule has 0 heterocycles. The van der Waals surface area contributed by atoms with Gasteiger partial charge in [0.05, 0.1) is 0 Å². The summed E-state index contributed by atoms with van der Waals surface area (Å²) in [5.74, 6) is 2.75. The molecular formula is C23H28F2OSi. The third-order valence-electron chi connectivity index (χ3n) is 3.84. The van der Waals surface area contributed by atoms with Crippen LogP contribution in [0, 0.1) is 23.1 Å². The van der Waals surface area contributed by atoms with Gasteiger partial charge in [-0.1, -0.05) is 39.4 Å². The highest BCUT2D eigenvalue weighted by atomic mass is 28.3. The van der Waals surface area contributed by atoms with Gasteiger partial charge in [0, 0.05) is 11.1 Å². The summed E-state index contributed by atoms with van der Waals surface area (Å²) < 4.78 is 26.1. The summed E-state index contributed by atoms with van der Waals surface area (Å²) in [6.07, 6.45) is 1.33. The minimum absolute atomic E-state index is 0.0234. The first-order valence-corrected chi connectivity index (χ1v) is 12.7. The van der Waals surface area contributed by atoms with Gasteiger partial charge < -0.3 is 0 Å². The second-order valence-electron chi connectivity index (χ2n) is 7.38. The Morgan fingerprint density at radius 3 is 1.93 bits per heavy atom. The first-order chi connectivity index (χ1) is 12.6. The minimum atomic E-state index is -1.34. The highest BCUT2D eigenvalue weighted by Gasteiger charge is 2.08. The molecule has 2 aromatic rings. The summed E-state index contributed by atoms with van der Waals surface area (Å²) >= 11 is 0. The molecule has 0 amide bonds. The average Bonchev–Trinajstić information content (AvgIpc) is 2.61. The van der Waals surface area contributed by atoms with Crippen molar-refractivity contribution < 1.29 is 13.6 Å². The van der Waals surface area contributed by atoms with Gasteiger partial charge in [-0.3, -0.25) is 4.79 Å². The zero-order valence-corrected chi connectivity index (χ0v) is 18.0. The van der Waals surface area contributed by atoms with Crippen LogP contribution in [0.1, 0.15) is 47.8 Å². The lowest BCUT2D eigenvalue weighted by atomic mass is 10.1. The number of hydrogen-bond donors (Lipinski definition) is 0. The second-order valence-corrected chi connectivity index (χ2v) is 12.1. The van der Waals surface area contributed by atoms with Crippen molar-refractivity contribution in [2.45, 2.75) is 53.3 Å². The zero-order chi connectivity index (χ0) is 20.6. The molecule has 144 valence electrons. The molecular weight excluding hydrogens is 358 g/mol. The Balaban J connectivity index is 0.000000277. The summed E-state index contributed by atoms with van der Waals surface area (Å²) in [5, 5.41) is 0.